The van der Waals surface area contributed by atoms with Crippen molar-refractivity contribution in [2.75, 3.05) is 0 Å². The number of fused-ring (bicyclic) bond motifs is 1. The zero-order valence-corrected chi connectivity index (χ0v) is 8.86. The summed E-state index contributed by atoms with van der Waals surface area (Å²) in [6.45, 7) is 0. The molecule has 0 nitrogen and oxygen atoms in total. The van der Waals surface area contributed by atoms with Gasteiger partial charge in [0.2, 0.25) is 0 Å². The molecule has 0 bridgehead atoms. The molecule has 0 radical (unpaired) electrons. The molecule has 1 aliphatic carbocycles. The van der Waals surface area contributed by atoms with E-state index in [1.54, 1.807) is 0 Å². The first-order chi connectivity index (χ1) is 6.87. The number of allylic oxidation sites excluding steroid dienone is 1. The molecular formula is C10H5BrF4. The van der Waals surface area contributed by atoms with Crippen molar-refractivity contribution in [3.8, 4) is 0 Å². The molecule has 5 heteroatoms. The molecule has 15 heavy (non-hydrogen) atoms. The Morgan fingerprint density at radius 2 is 1.53 bits per heavy atom. The summed E-state index contributed by atoms with van der Waals surface area (Å²) >= 11 is 2.49. The summed E-state index contributed by atoms with van der Waals surface area (Å²) in [5.41, 5.74) is -0.529. The molecule has 0 fully saturated rings. The molecule has 0 saturated heterocycles. The van der Waals surface area contributed by atoms with Crippen molar-refractivity contribution in [3.63, 3.8) is 0 Å². The molecule has 0 atom stereocenters. The lowest BCUT2D eigenvalue weighted by Crippen LogP contribution is -2.40. The lowest BCUT2D eigenvalue weighted by atomic mass is 9.91. The minimum Gasteiger partial charge on any atom is -0.194 e. The van der Waals surface area contributed by atoms with Gasteiger partial charge in [-0.05, 0) is 27.6 Å². The van der Waals surface area contributed by atoms with Crippen molar-refractivity contribution in [3.05, 3.63) is 39.9 Å². The van der Waals surface area contributed by atoms with E-state index in [9.17, 15) is 17.6 Å². The molecule has 2 rings (SSSR count). The summed E-state index contributed by atoms with van der Waals surface area (Å²) in [5.74, 6) is -8.35. The first-order valence-corrected chi connectivity index (χ1v) is 4.89. The minimum absolute atomic E-state index is 0.111. The lowest BCUT2D eigenvalue weighted by molar-refractivity contribution is -0.189. The summed E-state index contributed by atoms with van der Waals surface area (Å²) < 4.78 is 52.4. The molecule has 0 aliphatic heterocycles. The van der Waals surface area contributed by atoms with Gasteiger partial charge in [0, 0.05) is 5.56 Å². The van der Waals surface area contributed by atoms with Crippen molar-refractivity contribution >= 4 is 22.0 Å². The van der Waals surface area contributed by atoms with Crippen LogP contribution < -0.4 is 0 Å². The van der Waals surface area contributed by atoms with E-state index in [4.69, 9.17) is 0 Å². The van der Waals surface area contributed by atoms with Gasteiger partial charge in [0.25, 0.3) is 0 Å². The van der Waals surface area contributed by atoms with Crippen LogP contribution in [-0.2, 0) is 5.92 Å². The third kappa shape index (κ3) is 1.33. The Kier molecular flexibility index (Phi) is 2.19. The van der Waals surface area contributed by atoms with E-state index in [1.165, 1.54) is 18.2 Å². The van der Waals surface area contributed by atoms with Crippen LogP contribution in [0.15, 0.2) is 28.7 Å². The fourth-order valence-electron chi connectivity index (χ4n) is 1.46. The van der Waals surface area contributed by atoms with Crippen molar-refractivity contribution in [2.24, 2.45) is 0 Å². The fraction of sp³-hybridized carbons (Fsp3) is 0.200. The minimum atomic E-state index is -4.18. The van der Waals surface area contributed by atoms with Crippen LogP contribution in [0, 0.1) is 0 Å². The van der Waals surface area contributed by atoms with E-state index in [0.717, 1.165) is 12.1 Å². The number of hydrogen-bond donors (Lipinski definition) is 0. The van der Waals surface area contributed by atoms with E-state index < -0.39 is 21.9 Å². The van der Waals surface area contributed by atoms with Gasteiger partial charge >= 0.3 is 11.8 Å². The maximum atomic E-state index is 13.4. The second-order valence-corrected chi connectivity index (χ2v) is 4.08. The van der Waals surface area contributed by atoms with E-state index in [2.05, 4.69) is 15.9 Å². The zero-order chi connectivity index (χ0) is 11.3. The van der Waals surface area contributed by atoms with E-state index in [1.807, 2.05) is 0 Å². The van der Waals surface area contributed by atoms with Crippen molar-refractivity contribution < 1.29 is 17.6 Å². The average molecular weight is 281 g/mol. The molecule has 1 aliphatic rings. The van der Waals surface area contributed by atoms with Crippen LogP contribution >= 0.6 is 15.9 Å². The molecular weight excluding hydrogens is 276 g/mol. The van der Waals surface area contributed by atoms with Gasteiger partial charge in [-0.25, -0.2) is 0 Å². The summed E-state index contributed by atoms with van der Waals surface area (Å²) in [5, 5.41) is 0. The molecule has 0 spiro atoms. The highest BCUT2D eigenvalue weighted by molar-refractivity contribution is 9.11. The summed E-state index contributed by atoms with van der Waals surface area (Å²) in [6.07, 6.45) is 1.02. The van der Waals surface area contributed by atoms with Crippen LogP contribution in [0.1, 0.15) is 11.1 Å². The SMILES string of the molecule is FC1(F)C(Br)=Cc2ccccc2C1(F)F. The van der Waals surface area contributed by atoms with Gasteiger partial charge in [-0.3, -0.25) is 0 Å². The van der Waals surface area contributed by atoms with Crippen LogP contribution in [0.25, 0.3) is 6.08 Å². The average Bonchev–Trinajstić information content (AvgIpc) is 2.16. The highest BCUT2D eigenvalue weighted by Crippen LogP contribution is 2.53. The third-order valence-electron chi connectivity index (χ3n) is 2.28. The largest absolute Gasteiger partial charge is 0.346 e. The first kappa shape index (κ1) is 10.7. The zero-order valence-electron chi connectivity index (χ0n) is 7.28. The monoisotopic (exact) mass is 280 g/mol. The van der Waals surface area contributed by atoms with Crippen molar-refractivity contribution in [1.82, 2.24) is 0 Å². The van der Waals surface area contributed by atoms with Gasteiger partial charge in [0.1, 0.15) is 0 Å². The van der Waals surface area contributed by atoms with Crippen LogP contribution in [0.5, 0.6) is 0 Å². The number of halogens is 5. The standard InChI is InChI=1S/C10H5BrF4/c11-8-5-6-3-1-2-4-7(6)9(12,13)10(8,14)15/h1-5H. The summed E-state index contributed by atoms with van der Waals surface area (Å²) in [6, 6.07) is 5.23. The smallest absolute Gasteiger partial charge is 0.194 e. The van der Waals surface area contributed by atoms with Gasteiger partial charge in [-0.2, -0.15) is 17.6 Å². The second kappa shape index (κ2) is 3.07. The van der Waals surface area contributed by atoms with Gasteiger partial charge in [-0.15, -0.1) is 0 Å². The molecule has 1 aromatic rings. The second-order valence-electron chi connectivity index (χ2n) is 3.23. The van der Waals surface area contributed by atoms with Gasteiger partial charge < -0.3 is 0 Å². The Hall–Kier alpha value is -0.840. The third-order valence-corrected chi connectivity index (χ3v) is 3.00. The predicted molar refractivity (Wildman–Crippen MR) is 52.2 cm³/mol. The highest BCUT2D eigenvalue weighted by Gasteiger charge is 2.61. The molecule has 0 heterocycles. The molecule has 0 amide bonds. The predicted octanol–water partition coefficient (Wildman–Crippen LogP) is 4.16. The van der Waals surface area contributed by atoms with Crippen LogP contribution in [0.4, 0.5) is 17.6 Å². The molecule has 0 N–H and O–H groups in total. The van der Waals surface area contributed by atoms with Gasteiger partial charge in [0.15, 0.2) is 0 Å². The number of rotatable bonds is 0. The Morgan fingerprint density at radius 3 is 2.20 bits per heavy atom. The number of alkyl halides is 4. The van der Waals surface area contributed by atoms with Crippen LogP contribution in [-0.4, -0.2) is 5.92 Å². The molecule has 0 unspecified atom stereocenters. The number of hydrogen-bond acceptors (Lipinski definition) is 0. The summed E-state index contributed by atoms with van der Waals surface area (Å²) in [4.78, 5) is 0. The van der Waals surface area contributed by atoms with Gasteiger partial charge in [-0.1, -0.05) is 24.3 Å². The van der Waals surface area contributed by atoms with Crippen LogP contribution in [0.2, 0.25) is 0 Å². The maximum Gasteiger partial charge on any atom is 0.346 e. The Morgan fingerprint density at radius 1 is 0.933 bits per heavy atom. The van der Waals surface area contributed by atoms with E-state index in [0.29, 0.717) is 0 Å². The molecule has 80 valence electrons. The molecule has 1 aromatic carbocycles. The Balaban J connectivity index is 2.73. The molecule has 0 saturated carbocycles. The maximum absolute atomic E-state index is 13.4. The Bertz CT molecular complexity index is 437. The van der Waals surface area contributed by atoms with Crippen molar-refractivity contribution in [2.45, 2.75) is 11.8 Å². The number of benzene rings is 1. The normalized spacial score (nSPS) is 21.8. The summed E-state index contributed by atoms with van der Waals surface area (Å²) in [7, 11) is 0. The molecule has 0 aromatic heterocycles. The lowest BCUT2D eigenvalue weighted by Gasteiger charge is -2.31. The fourth-order valence-corrected chi connectivity index (χ4v) is 1.95. The first-order valence-electron chi connectivity index (χ1n) is 4.10. The van der Waals surface area contributed by atoms with Gasteiger partial charge in [0.05, 0.1) is 4.48 Å². The van der Waals surface area contributed by atoms with E-state index >= 15 is 0 Å². The van der Waals surface area contributed by atoms with Crippen molar-refractivity contribution in [1.29, 1.82) is 0 Å². The van der Waals surface area contributed by atoms with Crippen LogP contribution in [0.3, 0.4) is 0 Å². The van der Waals surface area contributed by atoms with E-state index in [-0.39, 0.29) is 5.56 Å². The highest BCUT2D eigenvalue weighted by atomic mass is 79.9. The Labute approximate surface area is 91.7 Å². The quantitative estimate of drug-likeness (QED) is 0.626. The topological polar surface area (TPSA) is 0 Å².